The molecule has 1 heterocycles. The van der Waals surface area contributed by atoms with Crippen molar-refractivity contribution >= 4 is 16.6 Å². The monoisotopic (exact) mass is 198 g/mol. The number of allylic oxidation sites excluding steroid dienone is 1. The van der Waals surface area contributed by atoms with Crippen molar-refractivity contribution in [3.05, 3.63) is 36.7 Å². The second-order valence-electron chi connectivity index (χ2n) is 4.37. The highest BCUT2D eigenvalue weighted by Crippen LogP contribution is 2.37. The second-order valence-corrected chi connectivity index (χ2v) is 4.37. The molecule has 0 atom stereocenters. The van der Waals surface area contributed by atoms with Gasteiger partial charge in [0.2, 0.25) is 0 Å². The summed E-state index contributed by atoms with van der Waals surface area (Å²) in [4.78, 5) is 4.44. The molecule has 0 N–H and O–H groups in total. The molecule has 15 heavy (non-hydrogen) atoms. The van der Waals surface area contributed by atoms with Crippen LogP contribution in [0.5, 0.6) is 0 Å². The standard InChI is InChI=1S/C13H14N2/c1-9(2)10-3-6-13-12(7-10)14-8-15(13)11-4-5-11/h3,6-8,11H,1,4-5H2,2H3. The van der Waals surface area contributed by atoms with Gasteiger partial charge in [-0.05, 0) is 37.5 Å². The van der Waals surface area contributed by atoms with Crippen molar-refractivity contribution in [2.75, 3.05) is 0 Å². The van der Waals surface area contributed by atoms with E-state index in [9.17, 15) is 0 Å². The first-order chi connectivity index (χ1) is 7.25. The average molecular weight is 198 g/mol. The minimum atomic E-state index is 0.700. The Hall–Kier alpha value is -1.57. The number of hydrogen-bond donors (Lipinski definition) is 0. The summed E-state index contributed by atoms with van der Waals surface area (Å²) in [6.07, 6.45) is 4.56. The van der Waals surface area contributed by atoms with Crippen LogP contribution in [0.3, 0.4) is 0 Å². The summed E-state index contributed by atoms with van der Waals surface area (Å²) in [6, 6.07) is 7.11. The van der Waals surface area contributed by atoms with Gasteiger partial charge in [-0.25, -0.2) is 4.98 Å². The molecule has 1 aliphatic carbocycles. The predicted molar refractivity (Wildman–Crippen MR) is 62.7 cm³/mol. The van der Waals surface area contributed by atoms with E-state index in [2.05, 4.69) is 34.3 Å². The molecule has 1 saturated carbocycles. The lowest BCUT2D eigenvalue weighted by molar-refractivity contribution is 0.766. The van der Waals surface area contributed by atoms with E-state index in [1.165, 1.54) is 23.9 Å². The van der Waals surface area contributed by atoms with E-state index < -0.39 is 0 Å². The van der Waals surface area contributed by atoms with Crippen LogP contribution in [-0.4, -0.2) is 9.55 Å². The van der Waals surface area contributed by atoms with Crippen molar-refractivity contribution in [2.45, 2.75) is 25.8 Å². The second kappa shape index (κ2) is 2.96. The van der Waals surface area contributed by atoms with Crippen LogP contribution < -0.4 is 0 Å². The van der Waals surface area contributed by atoms with Crippen molar-refractivity contribution < 1.29 is 0 Å². The highest BCUT2D eigenvalue weighted by Gasteiger charge is 2.24. The molecule has 0 bridgehead atoms. The molecule has 1 aromatic heterocycles. The van der Waals surface area contributed by atoms with Gasteiger partial charge in [0.25, 0.3) is 0 Å². The molecule has 2 aromatic rings. The van der Waals surface area contributed by atoms with Gasteiger partial charge < -0.3 is 4.57 Å². The molecule has 3 rings (SSSR count). The quantitative estimate of drug-likeness (QED) is 0.723. The number of benzene rings is 1. The number of imidazole rings is 1. The molecule has 2 nitrogen and oxygen atoms in total. The maximum Gasteiger partial charge on any atom is 0.0960 e. The van der Waals surface area contributed by atoms with Crippen molar-refractivity contribution in [3.63, 3.8) is 0 Å². The molecule has 1 aromatic carbocycles. The van der Waals surface area contributed by atoms with Crippen molar-refractivity contribution in [1.29, 1.82) is 0 Å². The number of aromatic nitrogens is 2. The summed E-state index contributed by atoms with van der Waals surface area (Å²) >= 11 is 0. The van der Waals surface area contributed by atoms with Gasteiger partial charge in [0.15, 0.2) is 0 Å². The minimum Gasteiger partial charge on any atom is -0.327 e. The van der Waals surface area contributed by atoms with Gasteiger partial charge in [0, 0.05) is 6.04 Å². The fourth-order valence-corrected chi connectivity index (χ4v) is 1.94. The van der Waals surface area contributed by atoms with Crippen molar-refractivity contribution in [1.82, 2.24) is 9.55 Å². The molecule has 76 valence electrons. The summed E-state index contributed by atoms with van der Waals surface area (Å²) in [7, 11) is 0. The summed E-state index contributed by atoms with van der Waals surface area (Å²) in [5.41, 5.74) is 4.62. The lowest BCUT2D eigenvalue weighted by Crippen LogP contribution is -1.90. The largest absolute Gasteiger partial charge is 0.327 e. The van der Waals surface area contributed by atoms with Crippen LogP contribution in [0.2, 0.25) is 0 Å². The zero-order valence-corrected chi connectivity index (χ0v) is 8.90. The van der Waals surface area contributed by atoms with Crippen LogP contribution in [0.4, 0.5) is 0 Å². The predicted octanol–water partition coefficient (Wildman–Crippen LogP) is 3.40. The zero-order valence-electron chi connectivity index (χ0n) is 8.90. The van der Waals surface area contributed by atoms with Gasteiger partial charge in [0.05, 0.1) is 17.4 Å². The summed E-state index contributed by atoms with van der Waals surface area (Å²) < 4.78 is 2.29. The normalized spacial score (nSPS) is 15.8. The Balaban J connectivity index is 2.17. The van der Waals surface area contributed by atoms with E-state index in [-0.39, 0.29) is 0 Å². The number of nitrogens with zero attached hydrogens (tertiary/aromatic N) is 2. The van der Waals surface area contributed by atoms with Crippen LogP contribution in [-0.2, 0) is 0 Å². The van der Waals surface area contributed by atoms with E-state index in [0.29, 0.717) is 6.04 Å². The fraction of sp³-hybridized carbons (Fsp3) is 0.308. The van der Waals surface area contributed by atoms with Crippen LogP contribution in [0.1, 0.15) is 31.4 Å². The van der Waals surface area contributed by atoms with Crippen molar-refractivity contribution in [3.8, 4) is 0 Å². The molecule has 0 aliphatic heterocycles. The van der Waals surface area contributed by atoms with Crippen LogP contribution >= 0.6 is 0 Å². The van der Waals surface area contributed by atoms with E-state index in [0.717, 1.165) is 11.1 Å². The highest BCUT2D eigenvalue weighted by atomic mass is 15.1. The van der Waals surface area contributed by atoms with E-state index in [4.69, 9.17) is 0 Å². The van der Waals surface area contributed by atoms with E-state index in [1.807, 2.05) is 13.3 Å². The first kappa shape index (κ1) is 8.72. The Bertz CT molecular complexity index is 532. The third-order valence-corrected chi connectivity index (χ3v) is 3.01. The van der Waals surface area contributed by atoms with Gasteiger partial charge >= 0.3 is 0 Å². The average Bonchev–Trinajstić information content (AvgIpc) is 2.98. The Labute approximate surface area is 89.2 Å². The van der Waals surface area contributed by atoms with Gasteiger partial charge in [-0.3, -0.25) is 0 Å². The van der Waals surface area contributed by atoms with Gasteiger partial charge in [-0.2, -0.15) is 0 Å². The molecule has 0 unspecified atom stereocenters. The first-order valence-corrected chi connectivity index (χ1v) is 5.38. The smallest absolute Gasteiger partial charge is 0.0960 e. The lowest BCUT2D eigenvalue weighted by atomic mass is 10.1. The van der Waals surface area contributed by atoms with Crippen molar-refractivity contribution in [2.24, 2.45) is 0 Å². The van der Waals surface area contributed by atoms with Gasteiger partial charge in [-0.1, -0.05) is 18.2 Å². The van der Waals surface area contributed by atoms with Crippen LogP contribution in [0.15, 0.2) is 31.1 Å². The molecule has 1 aliphatic rings. The molecule has 0 spiro atoms. The number of fused-ring (bicyclic) bond motifs is 1. The molecule has 0 radical (unpaired) electrons. The van der Waals surface area contributed by atoms with Gasteiger partial charge in [0.1, 0.15) is 0 Å². The molecular weight excluding hydrogens is 184 g/mol. The number of rotatable bonds is 2. The molecule has 2 heteroatoms. The molecule has 0 amide bonds. The topological polar surface area (TPSA) is 17.8 Å². The lowest BCUT2D eigenvalue weighted by Gasteiger charge is -2.02. The van der Waals surface area contributed by atoms with Gasteiger partial charge in [-0.15, -0.1) is 0 Å². The Morgan fingerprint density at radius 3 is 2.93 bits per heavy atom. The Kier molecular flexibility index (Phi) is 1.72. The summed E-state index contributed by atoms with van der Waals surface area (Å²) in [5, 5.41) is 0. The molecule has 0 saturated heterocycles. The maximum absolute atomic E-state index is 4.44. The summed E-state index contributed by atoms with van der Waals surface area (Å²) in [5.74, 6) is 0. The molecule has 1 fully saturated rings. The summed E-state index contributed by atoms with van der Waals surface area (Å²) in [6.45, 7) is 5.98. The minimum absolute atomic E-state index is 0.700. The third kappa shape index (κ3) is 1.37. The Morgan fingerprint density at radius 2 is 2.27 bits per heavy atom. The SMILES string of the molecule is C=C(C)c1ccc2c(c1)ncn2C1CC1. The zero-order chi connectivity index (χ0) is 10.4. The first-order valence-electron chi connectivity index (χ1n) is 5.38. The van der Waals surface area contributed by atoms with E-state index in [1.54, 1.807) is 0 Å². The maximum atomic E-state index is 4.44. The third-order valence-electron chi connectivity index (χ3n) is 3.01. The van der Waals surface area contributed by atoms with Crippen LogP contribution in [0, 0.1) is 0 Å². The highest BCUT2D eigenvalue weighted by molar-refractivity contribution is 5.80. The fourth-order valence-electron chi connectivity index (χ4n) is 1.94. The Morgan fingerprint density at radius 1 is 1.47 bits per heavy atom. The van der Waals surface area contributed by atoms with Crippen LogP contribution in [0.25, 0.3) is 16.6 Å². The van der Waals surface area contributed by atoms with E-state index >= 15 is 0 Å². The molecular formula is C13H14N2. The number of hydrogen-bond acceptors (Lipinski definition) is 1.